The fourth-order valence-electron chi connectivity index (χ4n) is 6.35. The zero-order valence-corrected chi connectivity index (χ0v) is 31.2. The van der Waals surface area contributed by atoms with E-state index < -0.39 is 35.2 Å². The van der Waals surface area contributed by atoms with Crippen molar-refractivity contribution in [2.75, 3.05) is 21.3 Å². The summed E-state index contributed by atoms with van der Waals surface area (Å²) in [6, 6.07) is 0. The third kappa shape index (κ3) is 9.62. The monoisotopic (exact) mass is 697 g/mol. The Morgan fingerprint density at radius 1 is 1.17 bits per heavy atom. The first-order valence-electron chi connectivity index (χ1n) is 15.0. The number of methoxy groups -OCH3 is 3. The maximum atomic E-state index is 7.43. The molecule has 0 aromatic carbocycles. The second-order valence-electron chi connectivity index (χ2n) is 12.1. The number of allylic oxidation sites excluding steroid dienone is 2. The third-order valence-electron chi connectivity index (χ3n) is 8.45. The summed E-state index contributed by atoms with van der Waals surface area (Å²) in [4.78, 5) is 6.95. The van der Waals surface area contributed by atoms with E-state index in [0.717, 1.165) is 15.7 Å². The molecule has 0 unspecified atom stereocenters. The zero-order chi connectivity index (χ0) is 30.8. The molecule has 232 valence electrons. The number of hydrogen-bond donors (Lipinski definition) is 0. The van der Waals surface area contributed by atoms with E-state index in [9.17, 15) is 0 Å². The van der Waals surface area contributed by atoms with Gasteiger partial charge in [0.25, 0.3) is 0 Å². The minimum absolute atomic E-state index is 0.0202. The van der Waals surface area contributed by atoms with Crippen LogP contribution < -0.4 is 3.71 Å². The molecule has 0 bridgehead atoms. The number of nitrogens with zero attached hydrogens (tertiary/aromatic N) is 1. The van der Waals surface area contributed by atoms with E-state index in [1.165, 1.54) is 0 Å². The summed E-state index contributed by atoms with van der Waals surface area (Å²) in [5.74, 6) is -0.276. The van der Waals surface area contributed by atoms with Gasteiger partial charge >= 0.3 is 225 Å². The predicted molar refractivity (Wildman–Crippen MR) is 171 cm³/mol. The van der Waals surface area contributed by atoms with Gasteiger partial charge in [-0.15, -0.1) is 6.58 Å². The van der Waals surface area contributed by atoms with Crippen molar-refractivity contribution in [3.05, 3.63) is 48.6 Å². The molecule has 5 atom stereocenters. The van der Waals surface area contributed by atoms with Gasteiger partial charge in [0.05, 0.1) is 6.10 Å². The van der Waals surface area contributed by atoms with E-state index in [0.29, 0.717) is 41.8 Å². The first-order valence-corrected chi connectivity index (χ1v) is 21.4. The summed E-state index contributed by atoms with van der Waals surface area (Å²) in [6.07, 6.45) is 11.9. The molecule has 0 saturated carbocycles. The average molecular weight is 697 g/mol. The molecule has 0 aliphatic carbocycles. The second-order valence-corrected chi connectivity index (χ2v) is 20.4. The molecule has 2 radical (unpaired) electrons. The third-order valence-corrected chi connectivity index (χ3v) is 16.7. The maximum absolute atomic E-state index is 7.43. The molecule has 1 saturated heterocycles. The molecule has 0 spiro atoms. The van der Waals surface area contributed by atoms with Gasteiger partial charge in [-0.2, -0.15) is 0 Å². The summed E-state index contributed by atoms with van der Waals surface area (Å²) in [6.45, 7) is 19.9. The van der Waals surface area contributed by atoms with Gasteiger partial charge in [-0.1, -0.05) is 6.08 Å². The van der Waals surface area contributed by atoms with E-state index in [-0.39, 0.29) is 24.4 Å². The molecule has 41 heavy (non-hydrogen) atoms. The molecule has 1 aliphatic heterocycles. The minimum Gasteiger partial charge on any atom is -0.377 e. The van der Waals surface area contributed by atoms with Crippen LogP contribution >= 0.6 is 0 Å². The van der Waals surface area contributed by atoms with Crippen LogP contribution in [0.25, 0.3) is 0 Å². The van der Waals surface area contributed by atoms with Crippen LogP contribution in [0.1, 0.15) is 73.6 Å². The number of ether oxygens (including phenoxy) is 4. The normalized spacial score (nSPS) is 24.1. The van der Waals surface area contributed by atoms with E-state index in [4.69, 9.17) is 32.8 Å². The molecule has 2 rings (SSSR count). The summed E-state index contributed by atoms with van der Waals surface area (Å²) >= 11 is -0.692. The van der Waals surface area contributed by atoms with Crippen LogP contribution in [0.2, 0.25) is 21.6 Å². The number of aromatic nitrogens is 1. The SMILES string of the molecule is C=CC[C@H](/C=C/C(C)=C/[C@@H](O[Si](C(C)C)(C(C)C)C(C)C)[C@H]1C[C@@H](OC)C[C@](Cc2n[c]([Sn][CH3])co2)(OC)O1)OC. The number of rotatable bonds is 17. The quantitative estimate of drug-likeness (QED) is 0.101. The van der Waals surface area contributed by atoms with Crippen LogP contribution in [-0.2, 0) is 29.8 Å². The molecule has 1 aliphatic rings. The standard InChI is InChI=1S/C31H52NO6Si.CH3.Sn/c1-12-13-26(33-9)15-14-25(8)18-29(38-39(22(2)3,23(4)5)24(6)7)28-19-27(34-10)20-31(35-11,37-28)21-30-32-16-17-36-30;;/h12,14-15,17-18,22-24,26-29H,1,13,19-21H2,2-11H3;1H3;/b15-14+,25-18+;;/t26-,27-,28-,29-,31+;;/m1../s1. The Kier molecular flexibility index (Phi) is 15.0. The summed E-state index contributed by atoms with van der Waals surface area (Å²) in [7, 11) is 2.93. The van der Waals surface area contributed by atoms with Crippen molar-refractivity contribution in [3.8, 4) is 0 Å². The van der Waals surface area contributed by atoms with Crippen molar-refractivity contribution >= 4 is 33.2 Å². The molecule has 7 nitrogen and oxygen atoms in total. The fourth-order valence-corrected chi connectivity index (χ4v) is 13.0. The smallest absolute Gasteiger partial charge is 0.0363 e. The van der Waals surface area contributed by atoms with Crippen LogP contribution in [-0.4, -0.2) is 86.0 Å². The largest absolute Gasteiger partial charge is 0.377 e. The van der Waals surface area contributed by atoms with Gasteiger partial charge in [0.2, 0.25) is 0 Å². The molecule has 1 aromatic rings. The second kappa shape index (κ2) is 16.9. The van der Waals surface area contributed by atoms with Gasteiger partial charge in [0, 0.05) is 7.11 Å². The molecule has 2 heterocycles. The van der Waals surface area contributed by atoms with E-state index >= 15 is 0 Å². The van der Waals surface area contributed by atoms with Crippen molar-refractivity contribution in [1.29, 1.82) is 0 Å². The molecular weight excluding hydrogens is 641 g/mol. The first kappa shape index (κ1) is 36.4. The predicted octanol–water partition coefficient (Wildman–Crippen LogP) is 6.79. The Morgan fingerprint density at radius 2 is 1.83 bits per heavy atom. The molecule has 0 N–H and O–H groups in total. The molecule has 1 aromatic heterocycles. The fraction of sp³-hybridized carbons (Fsp3) is 0.719. The zero-order valence-electron chi connectivity index (χ0n) is 27.4. The van der Waals surface area contributed by atoms with Gasteiger partial charge in [-0.25, -0.2) is 0 Å². The Labute approximate surface area is 260 Å². The van der Waals surface area contributed by atoms with Crippen LogP contribution in [0.3, 0.4) is 0 Å². The van der Waals surface area contributed by atoms with Crippen LogP contribution in [0.15, 0.2) is 47.1 Å². The van der Waals surface area contributed by atoms with Crippen molar-refractivity contribution in [2.24, 2.45) is 0 Å². The van der Waals surface area contributed by atoms with Crippen molar-refractivity contribution in [1.82, 2.24) is 4.98 Å². The maximum Gasteiger partial charge on any atom is 0.0363 e. The van der Waals surface area contributed by atoms with Crippen LogP contribution in [0, 0.1) is 0 Å². The first-order chi connectivity index (χ1) is 19.4. The molecular formula is C32H55NO6SiSn. The van der Waals surface area contributed by atoms with E-state index in [2.05, 4.69) is 78.2 Å². The average Bonchev–Trinajstić information content (AvgIpc) is 3.39. The number of oxazole rings is 1. The van der Waals surface area contributed by atoms with E-state index in [1.54, 1.807) is 27.6 Å². The Hall–Kier alpha value is -0.754. The Morgan fingerprint density at radius 3 is 2.32 bits per heavy atom. The van der Waals surface area contributed by atoms with Gasteiger partial charge in [-0.05, 0) is 6.42 Å². The van der Waals surface area contributed by atoms with Crippen molar-refractivity contribution < 1.29 is 27.8 Å². The molecule has 9 heteroatoms. The van der Waals surface area contributed by atoms with Crippen LogP contribution in [0.4, 0.5) is 0 Å². The van der Waals surface area contributed by atoms with Crippen LogP contribution in [0.5, 0.6) is 0 Å². The number of hydrogen-bond acceptors (Lipinski definition) is 7. The van der Waals surface area contributed by atoms with E-state index in [1.807, 2.05) is 6.08 Å². The van der Waals surface area contributed by atoms with Crippen molar-refractivity contribution in [2.45, 2.75) is 126 Å². The van der Waals surface area contributed by atoms with Gasteiger partial charge < -0.3 is 4.74 Å². The van der Waals surface area contributed by atoms with Crippen molar-refractivity contribution in [3.63, 3.8) is 0 Å². The topological polar surface area (TPSA) is 72.2 Å². The van der Waals surface area contributed by atoms with Gasteiger partial charge in [-0.3, -0.25) is 0 Å². The minimum atomic E-state index is -2.26. The summed E-state index contributed by atoms with van der Waals surface area (Å²) in [5, 5.41) is 0. The molecule has 0 amide bonds. The Bertz CT molecular complexity index is 971. The Balaban J connectivity index is 2.56. The van der Waals surface area contributed by atoms with Gasteiger partial charge in [0.15, 0.2) is 0 Å². The summed E-state index contributed by atoms with van der Waals surface area (Å²) in [5.41, 5.74) is 2.38. The molecule has 1 fully saturated rings. The van der Waals surface area contributed by atoms with Gasteiger partial charge in [0.1, 0.15) is 0 Å². The summed E-state index contributed by atoms with van der Waals surface area (Å²) < 4.78 is 39.0.